The van der Waals surface area contributed by atoms with E-state index < -0.39 is 0 Å². The van der Waals surface area contributed by atoms with E-state index in [0.29, 0.717) is 11.1 Å². The molecule has 1 amide bonds. The van der Waals surface area contributed by atoms with Crippen molar-refractivity contribution in [3.05, 3.63) is 29.6 Å². The number of nitrogens with one attached hydrogen (secondary N) is 1. The molecule has 2 N–H and O–H groups in total. The number of carbonyl (C=O) groups excluding carboxylic acids is 1. The van der Waals surface area contributed by atoms with Gasteiger partial charge in [0.25, 0.3) is 5.91 Å². The van der Waals surface area contributed by atoms with Crippen molar-refractivity contribution in [3.8, 4) is 11.8 Å². The summed E-state index contributed by atoms with van der Waals surface area (Å²) in [6, 6.07) is 1.96. The lowest BCUT2D eigenvalue weighted by atomic mass is 9.95. The van der Waals surface area contributed by atoms with Gasteiger partial charge in [-0.3, -0.25) is 9.78 Å². The molecule has 112 valence electrons. The van der Waals surface area contributed by atoms with Crippen LogP contribution < -0.4 is 5.32 Å². The third-order valence-corrected chi connectivity index (χ3v) is 4.79. The highest BCUT2D eigenvalue weighted by Crippen LogP contribution is 2.26. The molecule has 0 bridgehead atoms. The number of amides is 1. The van der Waals surface area contributed by atoms with Crippen molar-refractivity contribution in [2.75, 3.05) is 12.9 Å². The van der Waals surface area contributed by atoms with Crippen LogP contribution in [0.2, 0.25) is 0 Å². The van der Waals surface area contributed by atoms with Gasteiger partial charge in [0.2, 0.25) is 0 Å². The second-order valence-corrected chi connectivity index (χ2v) is 6.24. The molecule has 0 unspecified atom stereocenters. The van der Waals surface area contributed by atoms with E-state index in [1.165, 1.54) is 0 Å². The molecule has 5 heteroatoms. The first-order chi connectivity index (χ1) is 10.2. The molecule has 0 spiro atoms. The highest BCUT2D eigenvalue weighted by atomic mass is 32.2. The summed E-state index contributed by atoms with van der Waals surface area (Å²) in [6.45, 7) is -0.199. The number of rotatable bonds is 3. The normalized spacial score (nSPS) is 21.2. The molecule has 4 nitrogen and oxygen atoms in total. The molecule has 1 heterocycles. The number of nitrogens with zero attached hydrogens (tertiary/aromatic N) is 1. The first-order valence-corrected chi connectivity index (χ1v) is 8.40. The molecule has 0 atom stereocenters. The molecule has 0 saturated heterocycles. The van der Waals surface area contributed by atoms with E-state index in [-0.39, 0.29) is 18.6 Å². The lowest BCUT2D eigenvalue weighted by molar-refractivity contribution is 0.0927. The molecule has 21 heavy (non-hydrogen) atoms. The summed E-state index contributed by atoms with van der Waals surface area (Å²) in [6.07, 6.45) is 9.67. The zero-order chi connectivity index (χ0) is 15.1. The summed E-state index contributed by atoms with van der Waals surface area (Å²) in [5.41, 5.74) is 1.16. The average Bonchev–Trinajstić information content (AvgIpc) is 2.54. The maximum absolute atomic E-state index is 12.2. The van der Waals surface area contributed by atoms with E-state index in [1.807, 2.05) is 11.8 Å². The molecule has 1 aromatic rings. The van der Waals surface area contributed by atoms with E-state index >= 15 is 0 Å². The molecule has 0 radical (unpaired) electrons. The molecule has 0 aliphatic heterocycles. The van der Waals surface area contributed by atoms with Gasteiger partial charge in [-0.05, 0) is 38.0 Å². The van der Waals surface area contributed by atoms with Crippen LogP contribution >= 0.6 is 11.8 Å². The molecule has 2 rings (SSSR count). The molecule has 1 aliphatic rings. The van der Waals surface area contributed by atoms with Gasteiger partial charge in [-0.15, -0.1) is 0 Å². The van der Waals surface area contributed by atoms with Crippen molar-refractivity contribution in [2.24, 2.45) is 0 Å². The minimum atomic E-state index is -0.199. The molecule has 0 aromatic carbocycles. The smallest absolute Gasteiger partial charge is 0.253 e. The van der Waals surface area contributed by atoms with Crippen LogP contribution in [0.1, 0.15) is 41.6 Å². The van der Waals surface area contributed by atoms with Crippen LogP contribution in [0.3, 0.4) is 0 Å². The minimum absolute atomic E-state index is 0.0947. The van der Waals surface area contributed by atoms with Crippen LogP contribution in [0, 0.1) is 11.8 Å². The van der Waals surface area contributed by atoms with E-state index in [2.05, 4.69) is 28.4 Å². The lowest BCUT2D eigenvalue weighted by Crippen LogP contribution is -2.38. The van der Waals surface area contributed by atoms with Gasteiger partial charge >= 0.3 is 0 Å². The summed E-state index contributed by atoms with van der Waals surface area (Å²) in [4.78, 5) is 16.3. The molecule has 1 fully saturated rings. The fraction of sp³-hybridized carbons (Fsp3) is 0.500. The van der Waals surface area contributed by atoms with Gasteiger partial charge in [-0.25, -0.2) is 0 Å². The van der Waals surface area contributed by atoms with E-state index in [4.69, 9.17) is 5.11 Å². The second-order valence-electron chi connectivity index (χ2n) is 5.10. The number of hydrogen-bond donors (Lipinski definition) is 2. The van der Waals surface area contributed by atoms with Crippen LogP contribution in [0.5, 0.6) is 0 Å². The number of hydrogen-bond acceptors (Lipinski definition) is 4. The standard InChI is InChI=1S/C16H20N2O2S/c1-21-15-6-4-14(5-7-15)18-16(20)13-9-12(3-2-8-19)10-17-11-13/h9-11,14-15,19H,4-8H2,1H3,(H,18,20). The Morgan fingerprint density at radius 2 is 2.19 bits per heavy atom. The molecular formula is C16H20N2O2S. The number of carbonyl (C=O) groups is 1. The maximum atomic E-state index is 12.2. The Kier molecular flexibility index (Phi) is 6.09. The van der Waals surface area contributed by atoms with Crippen LogP contribution in [0.4, 0.5) is 0 Å². The number of pyridine rings is 1. The third-order valence-electron chi connectivity index (χ3n) is 3.65. The fourth-order valence-corrected chi connectivity index (χ4v) is 3.23. The average molecular weight is 304 g/mol. The summed E-state index contributed by atoms with van der Waals surface area (Å²) < 4.78 is 0. The zero-order valence-electron chi connectivity index (χ0n) is 12.1. The van der Waals surface area contributed by atoms with E-state index in [1.54, 1.807) is 18.5 Å². The van der Waals surface area contributed by atoms with Gasteiger partial charge in [0.05, 0.1) is 5.56 Å². The van der Waals surface area contributed by atoms with Gasteiger partial charge in [-0.1, -0.05) is 11.8 Å². The summed E-state index contributed by atoms with van der Waals surface area (Å²) >= 11 is 1.91. The molecule has 1 aromatic heterocycles. The van der Waals surface area contributed by atoms with Crippen molar-refractivity contribution in [2.45, 2.75) is 37.0 Å². The van der Waals surface area contributed by atoms with Crippen molar-refractivity contribution < 1.29 is 9.90 Å². The number of aliphatic hydroxyl groups is 1. The van der Waals surface area contributed by atoms with E-state index in [9.17, 15) is 4.79 Å². The summed E-state index contributed by atoms with van der Waals surface area (Å²) in [5.74, 6) is 5.22. The Labute approximate surface area is 129 Å². The van der Waals surface area contributed by atoms with Gasteiger partial charge < -0.3 is 10.4 Å². The summed E-state index contributed by atoms with van der Waals surface area (Å²) in [5, 5.41) is 12.5. The minimum Gasteiger partial charge on any atom is -0.384 e. The second kappa shape index (κ2) is 8.06. The van der Waals surface area contributed by atoms with Crippen molar-refractivity contribution in [1.29, 1.82) is 0 Å². The molecular weight excluding hydrogens is 284 g/mol. The predicted octanol–water partition coefficient (Wildman–Crippen LogP) is 1.83. The van der Waals surface area contributed by atoms with E-state index in [0.717, 1.165) is 30.9 Å². The highest BCUT2D eigenvalue weighted by Gasteiger charge is 2.22. The fourth-order valence-electron chi connectivity index (χ4n) is 2.49. The maximum Gasteiger partial charge on any atom is 0.253 e. The van der Waals surface area contributed by atoms with Crippen molar-refractivity contribution in [3.63, 3.8) is 0 Å². The van der Waals surface area contributed by atoms with Gasteiger partial charge in [0.15, 0.2) is 0 Å². The Bertz CT molecular complexity index is 543. The largest absolute Gasteiger partial charge is 0.384 e. The number of aromatic nitrogens is 1. The predicted molar refractivity (Wildman–Crippen MR) is 85.2 cm³/mol. The number of thioether (sulfide) groups is 1. The Morgan fingerprint density at radius 1 is 1.43 bits per heavy atom. The number of aliphatic hydroxyl groups excluding tert-OH is 1. The highest BCUT2D eigenvalue weighted by molar-refractivity contribution is 7.99. The van der Waals surface area contributed by atoms with Crippen LogP contribution in [-0.4, -0.2) is 40.2 Å². The summed E-state index contributed by atoms with van der Waals surface area (Å²) in [7, 11) is 0. The Morgan fingerprint density at radius 3 is 2.86 bits per heavy atom. The topological polar surface area (TPSA) is 62.2 Å². The third kappa shape index (κ3) is 4.76. The molecule has 1 saturated carbocycles. The van der Waals surface area contributed by atoms with Crippen LogP contribution in [0.15, 0.2) is 18.5 Å². The zero-order valence-corrected chi connectivity index (χ0v) is 12.9. The Balaban J connectivity index is 1.94. The quantitative estimate of drug-likeness (QED) is 0.836. The van der Waals surface area contributed by atoms with Crippen molar-refractivity contribution in [1.82, 2.24) is 10.3 Å². The van der Waals surface area contributed by atoms with Gasteiger partial charge in [-0.2, -0.15) is 11.8 Å². The van der Waals surface area contributed by atoms with Gasteiger partial charge in [0, 0.05) is 29.2 Å². The van der Waals surface area contributed by atoms with Crippen LogP contribution in [0.25, 0.3) is 0 Å². The van der Waals surface area contributed by atoms with Crippen molar-refractivity contribution >= 4 is 17.7 Å². The molecule has 1 aliphatic carbocycles. The lowest BCUT2D eigenvalue weighted by Gasteiger charge is -2.28. The van der Waals surface area contributed by atoms with Gasteiger partial charge in [0.1, 0.15) is 6.61 Å². The first-order valence-electron chi connectivity index (χ1n) is 7.11. The Hall–Kier alpha value is -1.51. The monoisotopic (exact) mass is 304 g/mol. The van der Waals surface area contributed by atoms with Crippen LogP contribution in [-0.2, 0) is 0 Å². The SMILES string of the molecule is CSC1CCC(NC(=O)c2cncc(C#CCO)c2)CC1. The first kappa shape index (κ1) is 15.9.